The molecule has 200 valence electrons. The summed E-state index contributed by atoms with van der Waals surface area (Å²) in [6.45, 7) is 0.0944. The van der Waals surface area contributed by atoms with Crippen LogP contribution in [0.4, 0.5) is 0 Å². The molecule has 1 aliphatic carbocycles. The summed E-state index contributed by atoms with van der Waals surface area (Å²) in [5.74, 6) is 1.19. The smallest absolute Gasteiger partial charge is 0.261 e. The normalized spacial score (nSPS) is 18.0. The van der Waals surface area contributed by atoms with Crippen molar-refractivity contribution in [3.05, 3.63) is 118 Å². The van der Waals surface area contributed by atoms with Gasteiger partial charge in [0.2, 0.25) is 0 Å². The lowest BCUT2D eigenvalue weighted by molar-refractivity contribution is 0.0617. The molecular weight excluding hydrogens is 508 g/mol. The van der Waals surface area contributed by atoms with Gasteiger partial charge in [-0.25, -0.2) is 0 Å². The number of hydrogen-bond donors (Lipinski definition) is 0. The molecule has 0 spiro atoms. The second-order valence-electron chi connectivity index (χ2n) is 10.7. The highest BCUT2D eigenvalue weighted by molar-refractivity contribution is 6.21. The van der Waals surface area contributed by atoms with Gasteiger partial charge in [0.05, 0.1) is 40.8 Å². The van der Waals surface area contributed by atoms with Gasteiger partial charge >= 0.3 is 0 Å². The van der Waals surface area contributed by atoms with E-state index in [0.717, 1.165) is 43.6 Å². The minimum Gasteiger partial charge on any atom is -0.463 e. The molecule has 0 N–H and O–H groups in total. The van der Waals surface area contributed by atoms with Crippen LogP contribution >= 0.6 is 0 Å². The maximum atomic E-state index is 12.9. The van der Waals surface area contributed by atoms with E-state index in [2.05, 4.69) is 0 Å². The lowest BCUT2D eigenvalue weighted by atomic mass is 9.70. The quantitative estimate of drug-likeness (QED) is 0.294. The minimum absolute atomic E-state index is 0.0472. The van der Waals surface area contributed by atoms with Gasteiger partial charge in [-0.05, 0) is 61.4 Å². The van der Waals surface area contributed by atoms with Gasteiger partial charge in [-0.2, -0.15) is 0 Å². The van der Waals surface area contributed by atoms with Crippen molar-refractivity contribution in [2.45, 2.75) is 50.6 Å². The highest BCUT2D eigenvalue weighted by Crippen LogP contribution is 2.46. The van der Waals surface area contributed by atoms with Crippen LogP contribution in [0.3, 0.4) is 0 Å². The summed E-state index contributed by atoms with van der Waals surface area (Å²) in [4.78, 5) is 53.9. The SMILES string of the molecule is O=C1c2ccccc2C(=O)N1Cc1ccc(C2(c3ccc(CN4C(=O)c5ccccc5C4=O)o3)CCCCC2)o1. The number of imide groups is 2. The molecule has 4 amide bonds. The zero-order chi connectivity index (χ0) is 27.4. The maximum absolute atomic E-state index is 12.9. The molecule has 2 aromatic carbocycles. The molecule has 0 bridgehead atoms. The van der Waals surface area contributed by atoms with Crippen molar-refractivity contribution in [3.63, 3.8) is 0 Å². The van der Waals surface area contributed by atoms with Crippen LogP contribution < -0.4 is 0 Å². The van der Waals surface area contributed by atoms with Gasteiger partial charge in [0, 0.05) is 0 Å². The molecule has 4 aromatic rings. The van der Waals surface area contributed by atoms with Crippen molar-refractivity contribution in [1.82, 2.24) is 9.80 Å². The van der Waals surface area contributed by atoms with Crippen LogP contribution in [0.25, 0.3) is 0 Å². The molecular formula is C32H26N2O6. The summed E-state index contributed by atoms with van der Waals surface area (Å²) in [5.41, 5.74) is 1.11. The van der Waals surface area contributed by atoms with Crippen molar-refractivity contribution in [3.8, 4) is 0 Å². The first-order valence-corrected chi connectivity index (χ1v) is 13.6. The number of amides is 4. The average Bonchev–Trinajstić information content (AvgIpc) is 3.76. The van der Waals surface area contributed by atoms with Crippen molar-refractivity contribution < 1.29 is 28.0 Å². The largest absolute Gasteiger partial charge is 0.463 e. The molecule has 1 saturated carbocycles. The zero-order valence-electron chi connectivity index (χ0n) is 21.7. The lowest BCUT2D eigenvalue weighted by Crippen LogP contribution is -2.30. The van der Waals surface area contributed by atoms with E-state index in [1.54, 1.807) is 48.5 Å². The van der Waals surface area contributed by atoms with Gasteiger partial charge < -0.3 is 8.83 Å². The van der Waals surface area contributed by atoms with E-state index in [0.29, 0.717) is 33.8 Å². The van der Waals surface area contributed by atoms with Gasteiger partial charge in [0.1, 0.15) is 23.0 Å². The predicted octanol–water partition coefficient (Wildman–Crippen LogP) is 5.72. The van der Waals surface area contributed by atoms with Crippen molar-refractivity contribution in [1.29, 1.82) is 0 Å². The Bertz CT molecular complexity index is 1500. The molecule has 0 unspecified atom stereocenters. The molecule has 2 aromatic heterocycles. The molecule has 0 atom stereocenters. The third-order valence-electron chi connectivity index (χ3n) is 8.36. The molecule has 4 heterocycles. The molecule has 7 rings (SSSR count). The van der Waals surface area contributed by atoms with E-state index in [1.165, 1.54) is 9.80 Å². The molecule has 0 radical (unpaired) electrons. The molecule has 40 heavy (non-hydrogen) atoms. The molecule has 1 fully saturated rings. The second-order valence-corrected chi connectivity index (χ2v) is 10.7. The van der Waals surface area contributed by atoms with Gasteiger partial charge in [-0.1, -0.05) is 43.5 Å². The van der Waals surface area contributed by atoms with Gasteiger partial charge in [-0.15, -0.1) is 0 Å². The molecule has 0 saturated heterocycles. The Morgan fingerprint density at radius 2 is 0.900 bits per heavy atom. The third-order valence-corrected chi connectivity index (χ3v) is 8.36. The van der Waals surface area contributed by atoms with Crippen LogP contribution in [-0.4, -0.2) is 33.4 Å². The van der Waals surface area contributed by atoms with Crippen molar-refractivity contribution in [2.75, 3.05) is 0 Å². The van der Waals surface area contributed by atoms with Crippen LogP contribution in [0.1, 0.15) is 96.6 Å². The summed E-state index contributed by atoms with van der Waals surface area (Å²) < 4.78 is 12.7. The van der Waals surface area contributed by atoms with E-state index in [4.69, 9.17) is 8.83 Å². The second kappa shape index (κ2) is 9.19. The van der Waals surface area contributed by atoms with Gasteiger partial charge in [0.25, 0.3) is 23.6 Å². The van der Waals surface area contributed by atoms with Crippen LogP contribution in [0, 0.1) is 0 Å². The van der Waals surface area contributed by atoms with E-state index in [1.807, 2.05) is 24.3 Å². The summed E-state index contributed by atoms with van der Waals surface area (Å²) in [7, 11) is 0. The van der Waals surface area contributed by atoms with Crippen LogP contribution in [-0.2, 0) is 18.5 Å². The summed E-state index contributed by atoms with van der Waals surface area (Å²) in [5, 5.41) is 0. The van der Waals surface area contributed by atoms with E-state index >= 15 is 0 Å². The topological polar surface area (TPSA) is 101 Å². The Hall–Kier alpha value is -4.72. The predicted molar refractivity (Wildman–Crippen MR) is 143 cm³/mol. The number of rotatable bonds is 6. The van der Waals surface area contributed by atoms with E-state index < -0.39 is 5.41 Å². The van der Waals surface area contributed by atoms with Crippen molar-refractivity contribution in [2.24, 2.45) is 0 Å². The number of carbonyl (C=O) groups excluding carboxylic acids is 4. The van der Waals surface area contributed by atoms with Crippen molar-refractivity contribution >= 4 is 23.6 Å². The zero-order valence-corrected chi connectivity index (χ0v) is 21.7. The monoisotopic (exact) mass is 534 g/mol. The Morgan fingerprint density at radius 1 is 0.525 bits per heavy atom. The fourth-order valence-corrected chi connectivity index (χ4v) is 6.29. The minimum atomic E-state index is -0.515. The molecule has 3 aliphatic rings. The Labute approximate surface area is 230 Å². The van der Waals surface area contributed by atoms with E-state index in [9.17, 15) is 19.2 Å². The summed E-state index contributed by atoms with van der Waals surface area (Å²) in [6, 6.07) is 21.1. The molecule has 8 nitrogen and oxygen atoms in total. The fraction of sp³-hybridized carbons (Fsp3) is 0.250. The summed E-state index contributed by atoms with van der Waals surface area (Å²) >= 11 is 0. The first-order valence-electron chi connectivity index (χ1n) is 13.6. The fourth-order valence-electron chi connectivity index (χ4n) is 6.29. The first-order chi connectivity index (χ1) is 19.5. The van der Waals surface area contributed by atoms with Gasteiger partial charge in [0.15, 0.2) is 0 Å². The number of nitrogens with zero attached hydrogens (tertiary/aromatic N) is 2. The van der Waals surface area contributed by atoms with E-state index in [-0.39, 0.29) is 36.7 Å². The van der Waals surface area contributed by atoms with Crippen LogP contribution in [0.2, 0.25) is 0 Å². The van der Waals surface area contributed by atoms with Crippen LogP contribution in [0.5, 0.6) is 0 Å². The number of fused-ring (bicyclic) bond motifs is 2. The van der Waals surface area contributed by atoms with Gasteiger partial charge in [-0.3, -0.25) is 29.0 Å². The van der Waals surface area contributed by atoms with Crippen LogP contribution in [0.15, 0.2) is 81.6 Å². The maximum Gasteiger partial charge on any atom is 0.261 e. The lowest BCUT2D eigenvalue weighted by Gasteiger charge is -2.33. The highest BCUT2D eigenvalue weighted by atomic mass is 16.4. The number of furan rings is 2. The Kier molecular flexibility index (Phi) is 5.59. The number of hydrogen-bond acceptors (Lipinski definition) is 6. The average molecular weight is 535 g/mol. The Morgan fingerprint density at radius 3 is 1.27 bits per heavy atom. The number of benzene rings is 2. The summed E-state index contributed by atoms with van der Waals surface area (Å²) in [6.07, 6.45) is 4.71. The Balaban J connectivity index is 1.14. The molecule has 8 heteroatoms. The number of carbonyl (C=O) groups is 4. The highest BCUT2D eigenvalue weighted by Gasteiger charge is 2.43. The first kappa shape index (κ1) is 24.3. The molecule has 2 aliphatic heterocycles. The third kappa shape index (κ3) is 3.66. The standard InChI is InChI=1S/C32H26N2O6/c35-28-22-8-2-3-9-23(22)29(36)33(28)18-20-12-14-26(39-20)32(16-6-1-7-17-32)27-15-13-21(40-27)19-34-30(37)24-10-4-5-11-25(24)31(34)38/h2-5,8-15H,1,6-7,16-19H2.